The van der Waals surface area contributed by atoms with Gasteiger partial charge in [0.2, 0.25) is 0 Å². The van der Waals surface area contributed by atoms with E-state index in [1.807, 2.05) is 56.3 Å². The second-order valence-corrected chi connectivity index (χ2v) is 6.71. The Bertz CT molecular complexity index is 935. The fourth-order valence-electron chi connectivity index (χ4n) is 2.79. The van der Waals surface area contributed by atoms with Crippen LogP contribution in [0.15, 0.2) is 60.8 Å². The molecule has 0 radical (unpaired) electrons. The first-order chi connectivity index (χ1) is 13.5. The molecular weight excluding hydrogens is 350 g/mol. The maximum Gasteiger partial charge on any atom is 0.255 e. The van der Waals surface area contributed by atoms with Gasteiger partial charge < -0.3 is 15.4 Å². The summed E-state index contributed by atoms with van der Waals surface area (Å²) in [5.74, 6) is 1.50. The lowest BCUT2D eigenvalue weighted by atomic mass is 10.1. The normalized spacial score (nSPS) is 10.4. The Kier molecular flexibility index (Phi) is 6.27. The Labute approximate surface area is 165 Å². The van der Waals surface area contributed by atoms with Crippen molar-refractivity contribution >= 4 is 17.4 Å². The highest BCUT2D eigenvalue weighted by molar-refractivity contribution is 6.04. The number of rotatable bonds is 7. The molecule has 2 N–H and O–H groups in total. The smallest absolute Gasteiger partial charge is 0.255 e. The van der Waals surface area contributed by atoms with Crippen LogP contribution in [0.1, 0.15) is 27.0 Å². The third kappa shape index (κ3) is 5.10. The highest BCUT2D eigenvalue weighted by atomic mass is 16.5. The summed E-state index contributed by atoms with van der Waals surface area (Å²) in [6, 6.07) is 17.4. The molecule has 0 aliphatic carbocycles. The highest BCUT2D eigenvalue weighted by Crippen LogP contribution is 2.15. The van der Waals surface area contributed by atoms with Crippen LogP contribution in [-0.4, -0.2) is 24.5 Å². The number of carbonyl (C=O) groups excluding carboxylic acids is 1. The quantitative estimate of drug-likeness (QED) is 0.633. The summed E-state index contributed by atoms with van der Waals surface area (Å²) in [6.45, 7) is 4.80. The average molecular weight is 375 g/mol. The van der Waals surface area contributed by atoms with E-state index in [9.17, 15) is 4.79 Å². The van der Waals surface area contributed by atoms with E-state index in [0.29, 0.717) is 11.3 Å². The standard InChI is InChI=1S/C23H25N3O2/c1-16-4-7-19(14-17(16)2)23(27)26-20-8-11-22(25-15-20)24-13-12-18-5-9-21(28-3)10-6-18/h4-11,14-15H,12-13H2,1-3H3,(H,24,25)(H,26,27). The first kappa shape index (κ1) is 19.4. The van der Waals surface area contributed by atoms with Crippen LogP contribution in [0.5, 0.6) is 5.75 Å². The number of ether oxygens (including phenoxy) is 1. The maximum atomic E-state index is 12.4. The van der Waals surface area contributed by atoms with Crippen molar-refractivity contribution in [3.63, 3.8) is 0 Å². The van der Waals surface area contributed by atoms with Crippen molar-refractivity contribution in [1.82, 2.24) is 4.98 Å². The number of aromatic nitrogens is 1. The van der Waals surface area contributed by atoms with E-state index in [1.165, 1.54) is 11.1 Å². The molecule has 0 atom stereocenters. The van der Waals surface area contributed by atoms with Crippen molar-refractivity contribution in [2.24, 2.45) is 0 Å². The Balaban J connectivity index is 1.51. The van der Waals surface area contributed by atoms with Crippen molar-refractivity contribution in [1.29, 1.82) is 0 Å². The van der Waals surface area contributed by atoms with Gasteiger partial charge in [0, 0.05) is 12.1 Å². The van der Waals surface area contributed by atoms with Gasteiger partial charge in [-0.1, -0.05) is 18.2 Å². The molecule has 0 bridgehead atoms. The van der Waals surface area contributed by atoms with E-state index in [2.05, 4.69) is 27.8 Å². The van der Waals surface area contributed by atoms with Crippen molar-refractivity contribution in [2.45, 2.75) is 20.3 Å². The largest absolute Gasteiger partial charge is 0.497 e. The first-order valence-electron chi connectivity index (χ1n) is 9.26. The minimum Gasteiger partial charge on any atom is -0.497 e. The molecule has 0 unspecified atom stereocenters. The molecule has 144 valence electrons. The third-order valence-corrected chi connectivity index (χ3v) is 4.67. The fourth-order valence-corrected chi connectivity index (χ4v) is 2.79. The number of pyridine rings is 1. The molecule has 0 spiro atoms. The summed E-state index contributed by atoms with van der Waals surface area (Å²) in [7, 11) is 1.66. The highest BCUT2D eigenvalue weighted by Gasteiger charge is 2.07. The molecule has 0 aliphatic rings. The number of hydrogen-bond acceptors (Lipinski definition) is 4. The van der Waals surface area contributed by atoms with Crippen LogP contribution in [-0.2, 0) is 6.42 Å². The third-order valence-electron chi connectivity index (χ3n) is 4.67. The molecule has 0 fully saturated rings. The predicted molar refractivity (Wildman–Crippen MR) is 113 cm³/mol. The van der Waals surface area contributed by atoms with Crippen LogP contribution in [0.25, 0.3) is 0 Å². The SMILES string of the molecule is COc1ccc(CCNc2ccc(NC(=O)c3ccc(C)c(C)c3)cn2)cc1. The summed E-state index contributed by atoms with van der Waals surface area (Å²) in [5.41, 5.74) is 4.81. The molecular formula is C23H25N3O2. The lowest BCUT2D eigenvalue weighted by Crippen LogP contribution is -2.13. The van der Waals surface area contributed by atoms with Gasteiger partial charge in [0.15, 0.2) is 0 Å². The Morgan fingerprint density at radius 3 is 2.43 bits per heavy atom. The molecule has 3 aromatic rings. The van der Waals surface area contributed by atoms with Crippen LogP contribution < -0.4 is 15.4 Å². The number of carbonyl (C=O) groups is 1. The van der Waals surface area contributed by atoms with Crippen LogP contribution in [0, 0.1) is 13.8 Å². The first-order valence-corrected chi connectivity index (χ1v) is 9.26. The van der Waals surface area contributed by atoms with Crippen LogP contribution in [0.3, 0.4) is 0 Å². The number of nitrogens with one attached hydrogen (secondary N) is 2. The predicted octanol–water partition coefficient (Wildman–Crippen LogP) is 4.61. The molecule has 2 aromatic carbocycles. The van der Waals surface area contributed by atoms with Gasteiger partial charge in [-0.15, -0.1) is 0 Å². The van der Waals surface area contributed by atoms with Crippen LogP contribution in [0.2, 0.25) is 0 Å². The van der Waals surface area contributed by atoms with Crippen molar-refractivity contribution in [3.05, 3.63) is 83.0 Å². The van der Waals surface area contributed by atoms with Gasteiger partial charge in [0.1, 0.15) is 11.6 Å². The molecule has 1 aromatic heterocycles. The zero-order chi connectivity index (χ0) is 19.9. The summed E-state index contributed by atoms with van der Waals surface area (Å²) in [4.78, 5) is 16.7. The molecule has 3 rings (SSSR count). The summed E-state index contributed by atoms with van der Waals surface area (Å²) in [5, 5.41) is 6.18. The summed E-state index contributed by atoms with van der Waals surface area (Å²) < 4.78 is 5.17. The number of hydrogen-bond donors (Lipinski definition) is 2. The molecule has 5 heteroatoms. The second-order valence-electron chi connectivity index (χ2n) is 6.71. The number of benzene rings is 2. The minimum absolute atomic E-state index is 0.134. The van der Waals surface area contributed by atoms with Crippen molar-refractivity contribution in [2.75, 3.05) is 24.3 Å². The zero-order valence-corrected chi connectivity index (χ0v) is 16.5. The van der Waals surface area contributed by atoms with Gasteiger partial charge in [-0.3, -0.25) is 4.79 Å². The van der Waals surface area contributed by atoms with Crippen LogP contribution in [0.4, 0.5) is 11.5 Å². The van der Waals surface area contributed by atoms with Gasteiger partial charge in [-0.2, -0.15) is 0 Å². The Morgan fingerprint density at radius 1 is 1.00 bits per heavy atom. The van der Waals surface area contributed by atoms with Gasteiger partial charge >= 0.3 is 0 Å². The topological polar surface area (TPSA) is 63.2 Å². The second kappa shape index (κ2) is 9.04. The van der Waals surface area contributed by atoms with E-state index in [4.69, 9.17) is 4.74 Å². The molecule has 5 nitrogen and oxygen atoms in total. The lowest BCUT2D eigenvalue weighted by molar-refractivity contribution is 0.102. The molecule has 0 saturated carbocycles. The van der Waals surface area contributed by atoms with E-state index < -0.39 is 0 Å². The van der Waals surface area contributed by atoms with Crippen molar-refractivity contribution in [3.8, 4) is 5.75 Å². The molecule has 1 heterocycles. The van der Waals surface area contributed by atoms with Crippen molar-refractivity contribution < 1.29 is 9.53 Å². The Hall–Kier alpha value is -3.34. The fraction of sp³-hybridized carbons (Fsp3) is 0.217. The molecule has 1 amide bonds. The molecule has 28 heavy (non-hydrogen) atoms. The van der Waals surface area contributed by atoms with Gasteiger partial charge in [-0.05, 0) is 73.4 Å². The average Bonchev–Trinajstić information content (AvgIpc) is 2.72. The number of methoxy groups -OCH3 is 1. The number of amides is 1. The monoisotopic (exact) mass is 375 g/mol. The summed E-state index contributed by atoms with van der Waals surface area (Å²) >= 11 is 0. The van der Waals surface area contributed by atoms with E-state index in [-0.39, 0.29) is 5.91 Å². The van der Waals surface area contributed by atoms with Gasteiger partial charge in [0.25, 0.3) is 5.91 Å². The zero-order valence-electron chi connectivity index (χ0n) is 16.5. The minimum atomic E-state index is -0.134. The van der Waals surface area contributed by atoms with E-state index in [0.717, 1.165) is 30.1 Å². The van der Waals surface area contributed by atoms with Gasteiger partial charge in [-0.25, -0.2) is 4.98 Å². The van der Waals surface area contributed by atoms with E-state index in [1.54, 1.807) is 13.3 Å². The Morgan fingerprint density at radius 2 is 1.79 bits per heavy atom. The van der Waals surface area contributed by atoms with E-state index >= 15 is 0 Å². The number of anilines is 2. The number of aryl methyl sites for hydroxylation is 2. The molecule has 0 aliphatic heterocycles. The summed E-state index contributed by atoms with van der Waals surface area (Å²) in [6.07, 6.45) is 2.55. The lowest BCUT2D eigenvalue weighted by Gasteiger charge is -2.09. The molecule has 0 saturated heterocycles. The maximum absolute atomic E-state index is 12.4. The number of nitrogens with zero attached hydrogens (tertiary/aromatic N) is 1. The van der Waals surface area contributed by atoms with Crippen LogP contribution >= 0.6 is 0 Å². The van der Waals surface area contributed by atoms with Gasteiger partial charge in [0.05, 0.1) is 19.0 Å².